The van der Waals surface area contributed by atoms with E-state index in [9.17, 15) is 14.9 Å². The second kappa shape index (κ2) is 9.61. The maximum Gasteiger partial charge on any atom is 0.269 e. The Kier molecular flexibility index (Phi) is 6.46. The zero-order valence-electron chi connectivity index (χ0n) is 17.2. The second-order valence-corrected chi connectivity index (χ2v) is 8.45. The number of nitro groups is 1. The first-order valence-corrected chi connectivity index (χ1v) is 10.8. The van der Waals surface area contributed by atoms with Crippen LogP contribution in [0.2, 0.25) is 0 Å². The van der Waals surface area contributed by atoms with E-state index in [4.69, 9.17) is 4.42 Å². The third-order valence-electron chi connectivity index (χ3n) is 4.87. The first-order chi connectivity index (χ1) is 15.5. The van der Waals surface area contributed by atoms with Gasteiger partial charge in [-0.25, -0.2) is 0 Å². The molecule has 0 bridgehead atoms. The topological polar surface area (TPSA) is 101 Å². The molecule has 0 saturated carbocycles. The van der Waals surface area contributed by atoms with E-state index in [1.165, 1.54) is 30.1 Å². The van der Waals surface area contributed by atoms with Gasteiger partial charge in [-0.05, 0) is 48.7 Å². The van der Waals surface area contributed by atoms with Crippen molar-refractivity contribution in [3.8, 4) is 0 Å². The van der Waals surface area contributed by atoms with Crippen LogP contribution in [0.4, 0.5) is 5.69 Å². The molecule has 0 radical (unpaired) electrons. The molecule has 0 N–H and O–H groups in total. The van der Waals surface area contributed by atoms with Crippen molar-refractivity contribution in [3.63, 3.8) is 0 Å². The maximum atomic E-state index is 13.1. The van der Waals surface area contributed by atoms with E-state index in [1.54, 1.807) is 29.4 Å². The molecule has 1 aliphatic heterocycles. The quantitative estimate of drug-likeness (QED) is 0.299. The average Bonchev–Trinajstić information content (AvgIpc) is 3.39. The van der Waals surface area contributed by atoms with Crippen molar-refractivity contribution in [2.24, 2.45) is 10.2 Å². The highest BCUT2D eigenvalue weighted by molar-refractivity contribution is 8.15. The van der Waals surface area contributed by atoms with Crippen LogP contribution < -0.4 is 0 Å². The number of hydrogen-bond acceptors (Lipinski definition) is 7. The van der Waals surface area contributed by atoms with E-state index in [0.717, 1.165) is 11.1 Å². The Balaban J connectivity index is 1.54. The summed E-state index contributed by atoms with van der Waals surface area (Å²) in [4.78, 5) is 25.0. The lowest BCUT2D eigenvalue weighted by atomic mass is 10.1. The van der Waals surface area contributed by atoms with E-state index in [1.807, 2.05) is 31.2 Å². The lowest BCUT2D eigenvalue weighted by Crippen LogP contribution is -2.32. The molecule has 1 aliphatic rings. The minimum Gasteiger partial charge on any atom is -0.467 e. The molecule has 2 heterocycles. The van der Waals surface area contributed by atoms with Crippen LogP contribution in [-0.2, 0) is 17.8 Å². The van der Waals surface area contributed by atoms with Gasteiger partial charge in [-0.15, -0.1) is 5.10 Å². The van der Waals surface area contributed by atoms with Gasteiger partial charge in [0, 0.05) is 12.1 Å². The molecule has 4 rings (SSSR count). The molecule has 3 aromatic rings. The highest BCUT2D eigenvalue weighted by atomic mass is 32.2. The number of nitro benzene ring substituents is 1. The first-order valence-electron chi connectivity index (χ1n) is 9.91. The van der Waals surface area contributed by atoms with Crippen LogP contribution >= 0.6 is 11.8 Å². The molecule has 0 spiro atoms. The van der Waals surface area contributed by atoms with Crippen LogP contribution in [0.5, 0.6) is 0 Å². The Bertz CT molecular complexity index is 1170. The molecule has 1 aromatic heterocycles. The van der Waals surface area contributed by atoms with E-state index in [2.05, 4.69) is 16.3 Å². The van der Waals surface area contributed by atoms with Gasteiger partial charge in [-0.3, -0.25) is 19.8 Å². The number of carbonyl (C=O) groups excluding carboxylic acids is 1. The van der Waals surface area contributed by atoms with Gasteiger partial charge >= 0.3 is 0 Å². The highest BCUT2D eigenvalue weighted by Gasteiger charge is 2.38. The summed E-state index contributed by atoms with van der Waals surface area (Å²) in [7, 11) is 0. The summed E-state index contributed by atoms with van der Waals surface area (Å²) in [6, 6.07) is 17.7. The Labute approximate surface area is 188 Å². The van der Waals surface area contributed by atoms with Crippen molar-refractivity contribution in [2.45, 2.75) is 25.1 Å². The SMILES string of the molecule is Cc1cccc(CC2SC(=NN=Cc3ccc([N+](=O)[O-])cc3)N(Cc3ccco3)C2=O)c1. The monoisotopic (exact) mass is 448 g/mol. The van der Waals surface area contributed by atoms with Gasteiger partial charge in [0.2, 0.25) is 5.91 Å². The summed E-state index contributed by atoms with van der Waals surface area (Å²) >= 11 is 1.37. The zero-order chi connectivity index (χ0) is 22.5. The third-order valence-corrected chi connectivity index (χ3v) is 6.04. The van der Waals surface area contributed by atoms with Crippen molar-refractivity contribution < 1.29 is 14.1 Å². The average molecular weight is 449 g/mol. The highest BCUT2D eigenvalue weighted by Crippen LogP contribution is 2.31. The molecule has 32 heavy (non-hydrogen) atoms. The second-order valence-electron chi connectivity index (χ2n) is 7.28. The number of benzene rings is 2. The van der Waals surface area contributed by atoms with E-state index >= 15 is 0 Å². The molecular formula is C23H20N4O4S. The van der Waals surface area contributed by atoms with Crippen molar-refractivity contribution in [1.82, 2.24) is 4.90 Å². The normalized spacial score (nSPS) is 17.5. The molecular weight excluding hydrogens is 428 g/mol. The Morgan fingerprint density at radius 2 is 2.00 bits per heavy atom. The Hall–Kier alpha value is -3.72. The minimum absolute atomic E-state index is 0.00835. The predicted octanol–water partition coefficient (Wildman–Crippen LogP) is 4.57. The number of nitrogens with zero attached hydrogens (tertiary/aromatic N) is 4. The van der Waals surface area contributed by atoms with E-state index in [-0.39, 0.29) is 23.4 Å². The summed E-state index contributed by atoms with van der Waals surface area (Å²) in [5.41, 5.74) is 2.91. The van der Waals surface area contributed by atoms with Crippen LogP contribution in [0.3, 0.4) is 0 Å². The standard InChI is InChI=1S/C23H20N4O4S/c1-16-4-2-5-18(12-16)13-21-22(28)26(15-20-6-3-11-31-20)23(32-21)25-24-14-17-7-9-19(10-8-17)27(29)30/h2-12,14,21H,13,15H2,1H3. The number of amides is 1. The number of carbonyl (C=O) groups is 1. The molecule has 9 heteroatoms. The summed E-state index contributed by atoms with van der Waals surface area (Å²) in [5, 5.41) is 19.4. The van der Waals surface area contributed by atoms with Crippen LogP contribution in [0.1, 0.15) is 22.5 Å². The minimum atomic E-state index is -0.456. The van der Waals surface area contributed by atoms with Gasteiger partial charge in [-0.2, -0.15) is 5.10 Å². The van der Waals surface area contributed by atoms with Gasteiger partial charge in [0.25, 0.3) is 5.69 Å². The summed E-state index contributed by atoms with van der Waals surface area (Å²) in [5.74, 6) is 0.611. The van der Waals surface area contributed by atoms with Gasteiger partial charge in [-0.1, -0.05) is 41.6 Å². The smallest absolute Gasteiger partial charge is 0.269 e. The zero-order valence-corrected chi connectivity index (χ0v) is 18.1. The van der Waals surface area contributed by atoms with Gasteiger partial charge in [0.1, 0.15) is 5.76 Å². The van der Waals surface area contributed by atoms with Crippen molar-refractivity contribution in [2.75, 3.05) is 0 Å². The van der Waals surface area contributed by atoms with Crippen LogP contribution in [0.15, 0.2) is 81.5 Å². The lowest BCUT2D eigenvalue weighted by Gasteiger charge is -2.14. The van der Waals surface area contributed by atoms with Gasteiger partial charge in [0.05, 0.1) is 29.2 Å². The van der Waals surface area contributed by atoms with Gasteiger partial charge < -0.3 is 4.42 Å². The number of rotatable bonds is 7. The van der Waals surface area contributed by atoms with E-state index in [0.29, 0.717) is 22.9 Å². The van der Waals surface area contributed by atoms with Crippen LogP contribution in [-0.4, -0.2) is 32.4 Å². The number of non-ortho nitro benzene ring substituents is 1. The van der Waals surface area contributed by atoms with Crippen LogP contribution in [0.25, 0.3) is 0 Å². The molecule has 1 atom stereocenters. The number of aryl methyl sites for hydroxylation is 1. The summed E-state index contributed by atoms with van der Waals surface area (Å²) < 4.78 is 5.41. The Morgan fingerprint density at radius 1 is 1.19 bits per heavy atom. The molecule has 0 aliphatic carbocycles. The van der Waals surface area contributed by atoms with Gasteiger partial charge in [0.15, 0.2) is 5.17 Å². The first kappa shape index (κ1) is 21.5. The predicted molar refractivity (Wildman–Crippen MR) is 124 cm³/mol. The van der Waals surface area contributed by atoms with Crippen LogP contribution in [0, 0.1) is 17.0 Å². The number of furan rings is 1. The van der Waals surface area contributed by atoms with Crippen molar-refractivity contribution in [3.05, 3.63) is 99.5 Å². The molecule has 1 fully saturated rings. The summed E-state index contributed by atoms with van der Waals surface area (Å²) in [6.45, 7) is 2.30. The summed E-state index contributed by atoms with van der Waals surface area (Å²) in [6.07, 6.45) is 3.66. The molecule has 1 unspecified atom stereocenters. The number of thioether (sulfide) groups is 1. The number of amidine groups is 1. The lowest BCUT2D eigenvalue weighted by molar-refractivity contribution is -0.384. The third kappa shape index (κ3) is 5.12. The maximum absolute atomic E-state index is 13.1. The molecule has 1 saturated heterocycles. The van der Waals surface area contributed by atoms with E-state index < -0.39 is 4.92 Å². The fourth-order valence-electron chi connectivity index (χ4n) is 3.30. The molecule has 2 aromatic carbocycles. The van der Waals surface area contributed by atoms with Crippen molar-refractivity contribution in [1.29, 1.82) is 0 Å². The number of hydrogen-bond donors (Lipinski definition) is 0. The Morgan fingerprint density at radius 3 is 2.69 bits per heavy atom. The largest absolute Gasteiger partial charge is 0.467 e. The molecule has 8 nitrogen and oxygen atoms in total. The fourth-order valence-corrected chi connectivity index (χ4v) is 4.43. The molecule has 1 amide bonds. The molecule has 162 valence electrons. The fraction of sp³-hybridized carbons (Fsp3) is 0.174. The van der Waals surface area contributed by atoms with Crippen molar-refractivity contribution >= 4 is 34.7 Å².